The van der Waals surface area contributed by atoms with Gasteiger partial charge in [-0.25, -0.2) is 13.4 Å². The predicted octanol–water partition coefficient (Wildman–Crippen LogP) is 5.05. The van der Waals surface area contributed by atoms with Crippen LogP contribution in [0.5, 0.6) is 5.75 Å². The van der Waals surface area contributed by atoms with Gasteiger partial charge in [-0.3, -0.25) is 9.36 Å². The second-order valence-corrected chi connectivity index (χ2v) is 12.9. The molecule has 3 rings (SSSR count). The zero-order valence-corrected chi connectivity index (χ0v) is 23.1. The molecule has 7 nitrogen and oxygen atoms in total. The van der Waals surface area contributed by atoms with Crippen molar-refractivity contribution >= 4 is 15.7 Å². The third kappa shape index (κ3) is 6.50. The number of hydrogen-bond acceptors (Lipinski definition) is 5. The lowest BCUT2D eigenvalue weighted by Gasteiger charge is -2.28. The summed E-state index contributed by atoms with van der Waals surface area (Å²) in [6, 6.07) is 4.39. The van der Waals surface area contributed by atoms with Crippen molar-refractivity contribution in [3.63, 3.8) is 0 Å². The first-order valence-corrected chi connectivity index (χ1v) is 14.5. The molecule has 1 aromatic carbocycles. The highest BCUT2D eigenvalue weighted by Crippen LogP contribution is 2.41. The van der Waals surface area contributed by atoms with Gasteiger partial charge in [-0.15, -0.1) is 0 Å². The van der Waals surface area contributed by atoms with Crippen LogP contribution in [0.3, 0.4) is 0 Å². The molecular formula is C26H35F4N3O4S. The fourth-order valence-corrected chi connectivity index (χ4v) is 5.91. The van der Waals surface area contributed by atoms with Gasteiger partial charge < -0.3 is 10.1 Å². The lowest BCUT2D eigenvalue weighted by Crippen LogP contribution is -2.34. The van der Waals surface area contributed by atoms with Gasteiger partial charge in [-0.05, 0) is 55.7 Å². The molecule has 1 amide bonds. The highest BCUT2D eigenvalue weighted by atomic mass is 32.2. The molecule has 1 aliphatic carbocycles. The Balaban J connectivity index is 1.80. The number of aromatic nitrogens is 2. The van der Waals surface area contributed by atoms with Crippen molar-refractivity contribution in [3.8, 4) is 11.4 Å². The first-order chi connectivity index (χ1) is 17.6. The number of benzene rings is 1. The lowest BCUT2D eigenvalue weighted by atomic mass is 9.85. The third-order valence-corrected chi connectivity index (χ3v) is 8.95. The maximum absolute atomic E-state index is 15.6. The summed E-state index contributed by atoms with van der Waals surface area (Å²) in [7, 11) is -1.76. The molecule has 0 saturated heterocycles. The third-order valence-electron chi connectivity index (χ3n) is 7.27. The Morgan fingerprint density at radius 1 is 1.18 bits per heavy atom. The Morgan fingerprint density at radius 2 is 1.82 bits per heavy atom. The number of rotatable bonds is 9. The molecule has 0 unspecified atom stereocenters. The van der Waals surface area contributed by atoms with Gasteiger partial charge >= 0.3 is 6.18 Å². The Morgan fingerprint density at radius 3 is 2.34 bits per heavy atom. The molecule has 0 bridgehead atoms. The molecule has 38 heavy (non-hydrogen) atoms. The Hall–Kier alpha value is -2.63. The first kappa shape index (κ1) is 29.9. The van der Waals surface area contributed by atoms with Gasteiger partial charge in [0, 0.05) is 19.2 Å². The maximum atomic E-state index is 15.6. The summed E-state index contributed by atoms with van der Waals surface area (Å²) >= 11 is 0. The minimum absolute atomic E-state index is 0.0846. The van der Waals surface area contributed by atoms with E-state index in [0.29, 0.717) is 31.2 Å². The second kappa shape index (κ2) is 11.2. The quantitative estimate of drug-likeness (QED) is 0.433. The Labute approximate surface area is 220 Å². The molecule has 1 N–H and O–H groups in total. The fraction of sp³-hybridized carbons (Fsp3) is 0.615. The van der Waals surface area contributed by atoms with Gasteiger partial charge in [0.15, 0.2) is 5.69 Å². The molecule has 0 spiro atoms. The summed E-state index contributed by atoms with van der Waals surface area (Å²) < 4.78 is 85.7. The van der Waals surface area contributed by atoms with Crippen molar-refractivity contribution in [1.82, 2.24) is 14.9 Å². The van der Waals surface area contributed by atoms with E-state index in [1.165, 1.54) is 31.6 Å². The number of sulfone groups is 1. The van der Waals surface area contributed by atoms with Crippen molar-refractivity contribution in [3.05, 3.63) is 41.2 Å². The van der Waals surface area contributed by atoms with Gasteiger partial charge in [0.1, 0.15) is 21.4 Å². The van der Waals surface area contributed by atoms with Crippen molar-refractivity contribution in [2.75, 3.05) is 19.9 Å². The summed E-state index contributed by atoms with van der Waals surface area (Å²) in [6.07, 6.45) is -0.841. The molecule has 0 atom stereocenters. The summed E-state index contributed by atoms with van der Waals surface area (Å²) in [5, 5.41) is 2.35. The average molecular weight is 562 g/mol. The summed E-state index contributed by atoms with van der Waals surface area (Å²) in [5.74, 6) is -1.10. The normalized spacial score (nSPS) is 18.9. The average Bonchev–Trinajstić information content (AvgIpc) is 3.17. The van der Waals surface area contributed by atoms with Crippen LogP contribution in [0.4, 0.5) is 17.6 Å². The van der Waals surface area contributed by atoms with Crippen LogP contribution in [0.1, 0.15) is 68.3 Å². The Bertz CT molecular complexity index is 1260. The number of hydrogen-bond donors (Lipinski definition) is 1. The number of nitrogens with one attached hydrogen (secondary N) is 1. The van der Waals surface area contributed by atoms with E-state index in [9.17, 15) is 26.4 Å². The molecule has 1 aliphatic rings. The molecule has 1 aromatic heterocycles. The van der Waals surface area contributed by atoms with Gasteiger partial charge in [-0.2, -0.15) is 17.6 Å². The topological polar surface area (TPSA) is 90.3 Å². The van der Waals surface area contributed by atoms with Gasteiger partial charge in [0.2, 0.25) is 5.95 Å². The molecule has 12 heteroatoms. The van der Waals surface area contributed by atoms with E-state index in [1.54, 1.807) is 6.92 Å². The highest BCUT2D eigenvalue weighted by molar-refractivity contribution is 7.91. The number of alkyl halides is 3. The van der Waals surface area contributed by atoms with Crippen molar-refractivity contribution in [2.45, 2.75) is 70.7 Å². The number of halogens is 4. The summed E-state index contributed by atoms with van der Waals surface area (Å²) in [6.45, 7) is 4.24. The summed E-state index contributed by atoms with van der Waals surface area (Å²) in [5.41, 5.74) is -1.77. The van der Waals surface area contributed by atoms with Gasteiger partial charge in [0.25, 0.3) is 5.91 Å². The van der Waals surface area contributed by atoms with Crippen LogP contribution >= 0.6 is 0 Å². The molecule has 212 valence electrons. The number of carbonyl (C=O) groups is 1. The number of amides is 1. The van der Waals surface area contributed by atoms with E-state index in [2.05, 4.69) is 10.3 Å². The number of aryl methyl sites for hydroxylation is 1. The van der Waals surface area contributed by atoms with Gasteiger partial charge in [-0.1, -0.05) is 26.8 Å². The number of ether oxygens (including phenoxy) is 1. The predicted molar refractivity (Wildman–Crippen MR) is 136 cm³/mol. The number of methoxy groups -OCH3 is 1. The van der Waals surface area contributed by atoms with Crippen LogP contribution in [0.25, 0.3) is 5.69 Å². The van der Waals surface area contributed by atoms with Crippen LogP contribution in [0, 0.1) is 17.3 Å². The molecule has 1 heterocycles. The van der Waals surface area contributed by atoms with E-state index in [1.807, 2.05) is 0 Å². The standard InChI is InChI=1S/C26H35F4N3O4S/c1-6-21-32-22(24(34)31-15-16-7-10-18(11-8-16)38(5,35)36)23(27)33(21)19-12-9-17(13-20(19)37-4)14-25(2,3)26(28,29)30/h9,12-13,16,18H,6-8,10-11,14-15H2,1-5H3,(H,31,34). The fourth-order valence-electron chi connectivity index (χ4n) is 4.78. The number of carbonyl (C=O) groups excluding carboxylic acids is 1. The van der Waals surface area contributed by atoms with E-state index in [0.717, 1.165) is 18.4 Å². The van der Waals surface area contributed by atoms with Crippen LogP contribution in [-0.2, 0) is 22.7 Å². The van der Waals surface area contributed by atoms with Crippen LogP contribution in [0.15, 0.2) is 18.2 Å². The first-order valence-electron chi connectivity index (χ1n) is 12.6. The zero-order chi connectivity index (χ0) is 28.5. The minimum atomic E-state index is -4.40. The molecule has 0 radical (unpaired) electrons. The lowest BCUT2D eigenvalue weighted by molar-refractivity contribution is -0.211. The molecule has 2 aromatic rings. The second-order valence-electron chi connectivity index (χ2n) is 10.6. The van der Waals surface area contributed by atoms with Crippen molar-refractivity contribution in [1.29, 1.82) is 0 Å². The highest BCUT2D eigenvalue weighted by Gasteiger charge is 2.47. The molecule has 0 aliphatic heterocycles. The molecule has 1 saturated carbocycles. The van der Waals surface area contributed by atoms with E-state index in [-0.39, 0.29) is 47.8 Å². The largest absolute Gasteiger partial charge is 0.495 e. The Kier molecular flexibility index (Phi) is 8.84. The summed E-state index contributed by atoms with van der Waals surface area (Å²) in [4.78, 5) is 17.0. The van der Waals surface area contributed by atoms with Crippen molar-refractivity contribution < 1.29 is 35.5 Å². The minimum Gasteiger partial charge on any atom is -0.495 e. The van der Waals surface area contributed by atoms with Crippen LogP contribution < -0.4 is 10.1 Å². The van der Waals surface area contributed by atoms with Crippen LogP contribution in [-0.4, -0.2) is 55.2 Å². The zero-order valence-electron chi connectivity index (χ0n) is 22.3. The van der Waals surface area contributed by atoms with Gasteiger partial charge in [0.05, 0.1) is 23.5 Å². The van der Waals surface area contributed by atoms with E-state index in [4.69, 9.17) is 4.74 Å². The molecular weight excluding hydrogens is 526 g/mol. The molecule has 1 fully saturated rings. The number of imidazole rings is 1. The SMILES string of the molecule is CCc1nc(C(=O)NCC2CCC(S(C)(=O)=O)CC2)c(F)n1-c1ccc(CC(C)(C)C(F)(F)F)cc1OC. The maximum Gasteiger partial charge on any atom is 0.394 e. The van der Waals surface area contributed by atoms with E-state index < -0.39 is 39.0 Å². The smallest absolute Gasteiger partial charge is 0.394 e. The van der Waals surface area contributed by atoms with Crippen molar-refractivity contribution in [2.24, 2.45) is 11.3 Å². The monoisotopic (exact) mass is 561 g/mol. The van der Waals surface area contributed by atoms with E-state index >= 15 is 4.39 Å². The number of nitrogens with zero attached hydrogens (tertiary/aromatic N) is 2. The van der Waals surface area contributed by atoms with Crippen LogP contribution in [0.2, 0.25) is 0 Å².